The first kappa shape index (κ1) is 19.8. The van der Waals surface area contributed by atoms with Gasteiger partial charge in [0.15, 0.2) is 0 Å². The van der Waals surface area contributed by atoms with Crippen LogP contribution in [0.4, 0.5) is 4.79 Å². The Morgan fingerprint density at radius 1 is 1.08 bits per heavy atom. The molecule has 0 aliphatic rings. The zero-order valence-corrected chi connectivity index (χ0v) is 15.0. The van der Waals surface area contributed by atoms with Crippen LogP contribution in [-0.4, -0.2) is 29.6 Å². The number of hydrogen-bond acceptors (Lipinski definition) is 4. The Hall–Kier alpha value is -2.47. The van der Waals surface area contributed by atoms with Crippen molar-refractivity contribution < 1.29 is 23.8 Å². The van der Waals surface area contributed by atoms with Crippen LogP contribution in [0.2, 0.25) is 0 Å². The van der Waals surface area contributed by atoms with E-state index in [0.29, 0.717) is 6.29 Å². The minimum atomic E-state index is -3.94. The Morgan fingerprint density at radius 3 is 2.23 bits per heavy atom. The molecule has 2 aromatic carbocycles. The average Bonchev–Trinajstić information content (AvgIpc) is 2.66. The van der Waals surface area contributed by atoms with Crippen LogP contribution >= 0.6 is 7.52 Å². The number of benzene rings is 2. The van der Waals surface area contributed by atoms with Gasteiger partial charge in [0.25, 0.3) is 7.52 Å². The molecule has 8 heteroatoms. The van der Waals surface area contributed by atoms with Crippen LogP contribution in [0.5, 0.6) is 0 Å². The molecule has 0 aliphatic carbocycles. The van der Waals surface area contributed by atoms with Gasteiger partial charge < -0.3 is 19.7 Å². The first-order chi connectivity index (χ1) is 12.5. The fourth-order valence-corrected chi connectivity index (χ4v) is 3.35. The van der Waals surface area contributed by atoms with Gasteiger partial charge in [-0.15, -0.1) is 0 Å². The highest BCUT2D eigenvalue weighted by Crippen LogP contribution is 2.34. The molecule has 7 nitrogen and oxygen atoms in total. The standard InChI is InChI=1S/C18H21N2O5P/c21-12-17(11-15-7-3-1-4-8-15)20-26(23,24)14-19-18(22)25-13-16-9-5-2-6-10-16/h1-10,12,17H,11,13-14H2,(H,19,22)(H2,20,23,24). The van der Waals surface area contributed by atoms with E-state index in [1.807, 2.05) is 48.5 Å². The van der Waals surface area contributed by atoms with Gasteiger partial charge in [-0.1, -0.05) is 60.7 Å². The van der Waals surface area contributed by atoms with Crippen LogP contribution in [0.3, 0.4) is 0 Å². The minimum absolute atomic E-state index is 0.0564. The van der Waals surface area contributed by atoms with Gasteiger partial charge in [-0.3, -0.25) is 4.57 Å². The van der Waals surface area contributed by atoms with E-state index in [2.05, 4.69) is 10.4 Å². The minimum Gasteiger partial charge on any atom is -0.445 e. The largest absolute Gasteiger partial charge is 0.445 e. The number of nitrogens with one attached hydrogen (secondary N) is 2. The fourth-order valence-electron chi connectivity index (χ4n) is 2.24. The van der Waals surface area contributed by atoms with Crippen LogP contribution in [0.25, 0.3) is 0 Å². The number of alkyl carbamates (subject to hydrolysis) is 1. The van der Waals surface area contributed by atoms with Crippen LogP contribution in [-0.2, 0) is 27.1 Å². The van der Waals surface area contributed by atoms with E-state index in [0.717, 1.165) is 11.1 Å². The molecule has 2 rings (SSSR count). The van der Waals surface area contributed by atoms with E-state index >= 15 is 0 Å². The summed E-state index contributed by atoms with van der Waals surface area (Å²) in [5, 5.41) is 4.63. The third kappa shape index (κ3) is 7.19. The van der Waals surface area contributed by atoms with Crippen LogP contribution in [0, 0.1) is 0 Å². The normalized spacial score (nSPS) is 14.0. The van der Waals surface area contributed by atoms with Gasteiger partial charge in [-0.25, -0.2) is 9.88 Å². The van der Waals surface area contributed by atoms with Crippen molar-refractivity contribution in [2.24, 2.45) is 0 Å². The molecule has 0 spiro atoms. The molecule has 0 radical (unpaired) electrons. The van der Waals surface area contributed by atoms with Crippen molar-refractivity contribution in [2.45, 2.75) is 19.1 Å². The highest BCUT2D eigenvalue weighted by molar-refractivity contribution is 7.55. The molecule has 26 heavy (non-hydrogen) atoms. The Kier molecular flexibility index (Phi) is 7.53. The maximum atomic E-state index is 12.2. The second kappa shape index (κ2) is 9.87. The van der Waals surface area contributed by atoms with Gasteiger partial charge in [0.1, 0.15) is 19.2 Å². The number of ether oxygens (including phenoxy) is 1. The van der Waals surface area contributed by atoms with Gasteiger partial charge in [0.2, 0.25) is 0 Å². The van der Waals surface area contributed by atoms with Gasteiger partial charge >= 0.3 is 6.09 Å². The third-order valence-electron chi connectivity index (χ3n) is 3.48. The van der Waals surface area contributed by atoms with E-state index in [-0.39, 0.29) is 13.0 Å². The fraction of sp³-hybridized carbons (Fsp3) is 0.222. The van der Waals surface area contributed by atoms with E-state index < -0.39 is 25.9 Å². The summed E-state index contributed by atoms with van der Waals surface area (Å²) < 4.78 is 17.1. The molecule has 2 unspecified atom stereocenters. The number of carbonyl (C=O) groups excluding carboxylic acids is 2. The molecule has 1 amide bonds. The van der Waals surface area contributed by atoms with Gasteiger partial charge in [0.05, 0.1) is 6.04 Å². The molecule has 2 aromatic rings. The maximum absolute atomic E-state index is 12.2. The molecule has 2 atom stereocenters. The summed E-state index contributed by atoms with van der Waals surface area (Å²) in [6, 6.07) is 17.3. The van der Waals surface area contributed by atoms with Crippen molar-refractivity contribution >= 4 is 19.9 Å². The lowest BCUT2D eigenvalue weighted by atomic mass is 10.1. The van der Waals surface area contributed by atoms with Crippen molar-refractivity contribution in [1.29, 1.82) is 0 Å². The van der Waals surface area contributed by atoms with E-state index in [4.69, 9.17) is 4.74 Å². The smallest absolute Gasteiger partial charge is 0.407 e. The summed E-state index contributed by atoms with van der Waals surface area (Å²) in [7, 11) is -3.94. The molecule has 0 fully saturated rings. The number of rotatable bonds is 9. The van der Waals surface area contributed by atoms with Crippen molar-refractivity contribution in [3.63, 3.8) is 0 Å². The van der Waals surface area contributed by atoms with Crippen molar-refractivity contribution in [3.05, 3.63) is 71.8 Å². The Morgan fingerprint density at radius 2 is 1.65 bits per heavy atom. The predicted octanol–water partition coefficient (Wildman–Crippen LogP) is 2.46. The number of amides is 1. The molecule has 0 bridgehead atoms. The van der Waals surface area contributed by atoms with Gasteiger partial charge in [-0.05, 0) is 17.5 Å². The lowest BCUT2D eigenvalue weighted by molar-refractivity contribution is -0.109. The van der Waals surface area contributed by atoms with Crippen LogP contribution < -0.4 is 10.4 Å². The zero-order valence-electron chi connectivity index (χ0n) is 14.1. The molecular formula is C18H21N2O5P. The topological polar surface area (TPSA) is 105 Å². The van der Waals surface area contributed by atoms with Crippen molar-refractivity contribution in [3.8, 4) is 0 Å². The quantitative estimate of drug-likeness (QED) is 0.459. The predicted molar refractivity (Wildman–Crippen MR) is 97.6 cm³/mol. The van der Waals surface area contributed by atoms with E-state index in [1.165, 1.54) is 0 Å². The highest BCUT2D eigenvalue weighted by atomic mass is 31.2. The Bertz CT molecular complexity index is 755. The SMILES string of the molecule is O=CC(Cc1ccccc1)NP(=O)(O)CNC(=O)OCc1ccccc1. The van der Waals surface area contributed by atoms with E-state index in [1.54, 1.807) is 12.1 Å². The lowest BCUT2D eigenvalue weighted by Gasteiger charge is -2.18. The molecule has 3 N–H and O–H groups in total. The molecule has 0 aromatic heterocycles. The summed E-state index contributed by atoms with van der Waals surface area (Å²) in [5.74, 6) is 0. The Balaban J connectivity index is 1.78. The summed E-state index contributed by atoms with van der Waals surface area (Å²) in [5.41, 5.74) is 1.66. The van der Waals surface area contributed by atoms with Gasteiger partial charge in [0, 0.05) is 0 Å². The zero-order chi connectivity index (χ0) is 18.8. The molecule has 0 saturated heterocycles. The molecular weight excluding hydrogens is 355 g/mol. The van der Waals surface area contributed by atoms with Crippen LogP contribution in [0.1, 0.15) is 11.1 Å². The Labute approximate surface area is 151 Å². The molecule has 138 valence electrons. The summed E-state index contributed by atoms with van der Waals surface area (Å²) in [6.07, 6.45) is -0.507. The maximum Gasteiger partial charge on any atom is 0.407 e. The molecule has 0 aliphatic heterocycles. The van der Waals surface area contributed by atoms with Gasteiger partial charge in [-0.2, -0.15) is 0 Å². The summed E-state index contributed by atoms with van der Waals surface area (Å²) in [6.45, 7) is 0.0564. The number of carbonyl (C=O) groups is 2. The summed E-state index contributed by atoms with van der Waals surface area (Å²) in [4.78, 5) is 32.8. The molecule has 0 heterocycles. The summed E-state index contributed by atoms with van der Waals surface area (Å²) >= 11 is 0. The average molecular weight is 376 g/mol. The molecule has 0 saturated carbocycles. The van der Waals surface area contributed by atoms with Crippen LogP contribution in [0.15, 0.2) is 60.7 Å². The third-order valence-corrected chi connectivity index (χ3v) is 4.80. The lowest BCUT2D eigenvalue weighted by Crippen LogP contribution is -2.35. The van der Waals surface area contributed by atoms with E-state index in [9.17, 15) is 19.0 Å². The number of aldehydes is 1. The first-order valence-corrected chi connectivity index (χ1v) is 9.86. The number of hydrogen-bond donors (Lipinski definition) is 3. The highest BCUT2D eigenvalue weighted by Gasteiger charge is 2.24. The first-order valence-electron chi connectivity index (χ1n) is 8.02. The second-order valence-corrected chi connectivity index (χ2v) is 7.64. The van der Waals surface area contributed by atoms with Crippen molar-refractivity contribution in [2.75, 3.05) is 6.29 Å². The second-order valence-electron chi connectivity index (χ2n) is 5.66. The monoisotopic (exact) mass is 376 g/mol. The van der Waals surface area contributed by atoms with Crippen molar-refractivity contribution in [1.82, 2.24) is 10.4 Å².